The van der Waals surface area contributed by atoms with E-state index in [9.17, 15) is 0 Å². The first kappa shape index (κ1) is 19.9. The molecule has 3 rings (SSSR count). The molecule has 0 amide bonds. The number of likely N-dealkylation sites (tertiary alicyclic amines) is 1. The van der Waals surface area contributed by atoms with E-state index in [0.717, 1.165) is 54.1 Å². The maximum atomic E-state index is 5.77. The molecule has 1 saturated heterocycles. The molecule has 1 N–H and O–H groups in total. The van der Waals surface area contributed by atoms with Crippen LogP contribution in [0.25, 0.3) is 0 Å². The molecule has 0 aliphatic carbocycles. The van der Waals surface area contributed by atoms with Crippen molar-refractivity contribution in [2.24, 2.45) is 0 Å². The Hall–Kier alpha value is -1.86. The summed E-state index contributed by atoms with van der Waals surface area (Å²) in [5, 5.41) is 3.53. The average Bonchev–Trinajstić information content (AvgIpc) is 2.68. The molecule has 1 fully saturated rings. The van der Waals surface area contributed by atoms with Gasteiger partial charge in [0.05, 0.1) is 31.3 Å². The van der Waals surface area contributed by atoms with Crippen molar-refractivity contribution < 1.29 is 9.47 Å². The molecule has 1 aromatic carbocycles. The number of ether oxygens (including phenoxy) is 2. The second-order valence-corrected chi connectivity index (χ2v) is 7.39. The molecular formula is C20H27BrN4O2. The lowest BCUT2D eigenvalue weighted by Gasteiger charge is -2.33. The monoisotopic (exact) mass is 434 g/mol. The fourth-order valence-corrected chi connectivity index (χ4v) is 3.80. The van der Waals surface area contributed by atoms with Gasteiger partial charge in [-0.05, 0) is 60.3 Å². The highest BCUT2D eigenvalue weighted by Gasteiger charge is 2.20. The Morgan fingerprint density at radius 3 is 2.22 bits per heavy atom. The van der Waals surface area contributed by atoms with Crippen LogP contribution in [-0.4, -0.2) is 47.2 Å². The smallest absolute Gasteiger partial charge is 0.137 e. The number of halogens is 1. The standard InChI is InChI=1S/C20H27BrN4O2/c1-3-26-18-9-15(10-19(20(18)21)27-4-2)13-25-7-5-16(6-8-25)24-17-11-22-14-23-12-17/h9-12,14,16,24H,3-8,13H2,1-2H3. The summed E-state index contributed by atoms with van der Waals surface area (Å²) in [6.07, 6.45) is 7.40. The van der Waals surface area contributed by atoms with Gasteiger partial charge in [0.2, 0.25) is 0 Å². The first-order valence-corrected chi connectivity index (χ1v) is 10.3. The van der Waals surface area contributed by atoms with Crippen molar-refractivity contribution in [1.82, 2.24) is 14.9 Å². The van der Waals surface area contributed by atoms with Crippen molar-refractivity contribution in [3.63, 3.8) is 0 Å². The number of benzene rings is 1. The van der Waals surface area contributed by atoms with Crippen molar-refractivity contribution in [3.8, 4) is 11.5 Å². The van der Waals surface area contributed by atoms with Crippen LogP contribution in [0.1, 0.15) is 32.3 Å². The van der Waals surface area contributed by atoms with Gasteiger partial charge in [-0.3, -0.25) is 4.90 Å². The summed E-state index contributed by atoms with van der Waals surface area (Å²) in [5.41, 5.74) is 2.21. The van der Waals surface area contributed by atoms with Gasteiger partial charge >= 0.3 is 0 Å². The molecule has 27 heavy (non-hydrogen) atoms. The van der Waals surface area contributed by atoms with Gasteiger partial charge in [-0.15, -0.1) is 0 Å². The maximum absolute atomic E-state index is 5.77. The molecule has 2 heterocycles. The van der Waals surface area contributed by atoms with Crippen LogP contribution < -0.4 is 14.8 Å². The molecule has 0 radical (unpaired) electrons. The van der Waals surface area contributed by atoms with Crippen molar-refractivity contribution in [1.29, 1.82) is 0 Å². The molecule has 0 spiro atoms. The van der Waals surface area contributed by atoms with Crippen LogP contribution in [-0.2, 0) is 6.54 Å². The van der Waals surface area contributed by atoms with Gasteiger partial charge in [0.25, 0.3) is 0 Å². The summed E-state index contributed by atoms with van der Waals surface area (Å²) in [6.45, 7) is 8.26. The van der Waals surface area contributed by atoms with Crippen LogP contribution in [0.3, 0.4) is 0 Å². The normalized spacial score (nSPS) is 15.5. The number of rotatable bonds is 8. The molecule has 0 unspecified atom stereocenters. The number of hydrogen-bond acceptors (Lipinski definition) is 6. The van der Waals surface area contributed by atoms with Crippen LogP contribution in [0.4, 0.5) is 5.69 Å². The van der Waals surface area contributed by atoms with Gasteiger partial charge in [0, 0.05) is 25.7 Å². The Morgan fingerprint density at radius 2 is 1.67 bits per heavy atom. The highest BCUT2D eigenvalue weighted by atomic mass is 79.9. The molecule has 0 atom stereocenters. The minimum Gasteiger partial charge on any atom is -0.493 e. The fraction of sp³-hybridized carbons (Fsp3) is 0.500. The minimum absolute atomic E-state index is 0.468. The predicted octanol–water partition coefficient (Wildman–Crippen LogP) is 4.11. The summed E-state index contributed by atoms with van der Waals surface area (Å²) >= 11 is 3.60. The molecule has 2 aromatic rings. The third-order valence-electron chi connectivity index (χ3n) is 4.59. The Labute approximate surface area is 169 Å². The zero-order chi connectivity index (χ0) is 19.1. The lowest BCUT2D eigenvalue weighted by molar-refractivity contribution is 0.210. The number of aromatic nitrogens is 2. The summed E-state index contributed by atoms with van der Waals surface area (Å²) in [7, 11) is 0. The highest BCUT2D eigenvalue weighted by molar-refractivity contribution is 9.10. The van der Waals surface area contributed by atoms with E-state index < -0.39 is 0 Å². The largest absolute Gasteiger partial charge is 0.493 e. The Kier molecular flexibility index (Phi) is 7.29. The van der Waals surface area contributed by atoms with E-state index in [1.54, 1.807) is 6.33 Å². The van der Waals surface area contributed by atoms with Crippen LogP contribution in [0.15, 0.2) is 35.3 Å². The van der Waals surface area contributed by atoms with Gasteiger partial charge in [0.1, 0.15) is 22.3 Å². The lowest BCUT2D eigenvalue weighted by Crippen LogP contribution is -2.38. The SMILES string of the molecule is CCOc1cc(CN2CCC(Nc3cncnc3)CC2)cc(OCC)c1Br. The average molecular weight is 435 g/mol. The second kappa shape index (κ2) is 9.90. The number of nitrogens with one attached hydrogen (secondary N) is 1. The van der Waals surface area contributed by atoms with E-state index in [2.05, 4.69) is 48.2 Å². The van der Waals surface area contributed by atoms with E-state index in [0.29, 0.717) is 19.3 Å². The van der Waals surface area contributed by atoms with Crippen LogP contribution in [0.5, 0.6) is 11.5 Å². The molecular weight excluding hydrogens is 408 g/mol. The number of piperidine rings is 1. The fourth-order valence-electron chi connectivity index (χ4n) is 3.34. The molecule has 0 saturated carbocycles. The van der Waals surface area contributed by atoms with Crippen LogP contribution in [0, 0.1) is 0 Å². The first-order chi connectivity index (χ1) is 13.2. The maximum Gasteiger partial charge on any atom is 0.137 e. The second-order valence-electron chi connectivity index (χ2n) is 6.59. The van der Waals surface area contributed by atoms with Crippen molar-refractivity contribution >= 4 is 21.6 Å². The van der Waals surface area contributed by atoms with Gasteiger partial charge < -0.3 is 14.8 Å². The van der Waals surface area contributed by atoms with E-state index >= 15 is 0 Å². The molecule has 0 bridgehead atoms. The molecule has 1 aliphatic rings. The molecule has 7 heteroatoms. The third-order valence-corrected chi connectivity index (χ3v) is 5.37. The Morgan fingerprint density at radius 1 is 1.07 bits per heavy atom. The Bertz CT molecular complexity index is 694. The summed E-state index contributed by atoms with van der Waals surface area (Å²) in [6, 6.07) is 4.69. The molecule has 146 valence electrons. The van der Waals surface area contributed by atoms with Gasteiger partial charge in [-0.25, -0.2) is 9.97 Å². The van der Waals surface area contributed by atoms with Crippen molar-refractivity contribution in [2.75, 3.05) is 31.6 Å². The zero-order valence-corrected chi connectivity index (χ0v) is 17.5. The van der Waals surface area contributed by atoms with E-state index in [1.807, 2.05) is 26.2 Å². The number of anilines is 1. The zero-order valence-electron chi connectivity index (χ0n) is 15.9. The van der Waals surface area contributed by atoms with Gasteiger partial charge in [-0.1, -0.05) is 0 Å². The quantitative estimate of drug-likeness (QED) is 0.674. The molecule has 6 nitrogen and oxygen atoms in total. The Balaban J connectivity index is 1.59. The third kappa shape index (κ3) is 5.56. The van der Waals surface area contributed by atoms with E-state index in [-0.39, 0.29) is 0 Å². The van der Waals surface area contributed by atoms with Gasteiger partial charge in [0.15, 0.2) is 0 Å². The molecule has 1 aromatic heterocycles. The summed E-state index contributed by atoms with van der Waals surface area (Å²) in [4.78, 5) is 10.6. The van der Waals surface area contributed by atoms with E-state index in [1.165, 1.54) is 5.56 Å². The van der Waals surface area contributed by atoms with Crippen molar-refractivity contribution in [2.45, 2.75) is 39.3 Å². The number of hydrogen-bond donors (Lipinski definition) is 1. The first-order valence-electron chi connectivity index (χ1n) is 9.51. The van der Waals surface area contributed by atoms with E-state index in [4.69, 9.17) is 9.47 Å². The molecule has 1 aliphatic heterocycles. The van der Waals surface area contributed by atoms with Gasteiger partial charge in [-0.2, -0.15) is 0 Å². The minimum atomic E-state index is 0.468. The predicted molar refractivity (Wildman–Crippen MR) is 110 cm³/mol. The lowest BCUT2D eigenvalue weighted by atomic mass is 10.0. The summed E-state index contributed by atoms with van der Waals surface area (Å²) < 4.78 is 12.4. The van der Waals surface area contributed by atoms with Crippen molar-refractivity contribution in [3.05, 3.63) is 40.9 Å². The number of nitrogens with zero attached hydrogens (tertiary/aromatic N) is 3. The van der Waals surface area contributed by atoms with Crippen LogP contribution >= 0.6 is 15.9 Å². The highest BCUT2D eigenvalue weighted by Crippen LogP contribution is 2.36. The topological polar surface area (TPSA) is 59.5 Å². The van der Waals surface area contributed by atoms with Crippen LogP contribution in [0.2, 0.25) is 0 Å². The summed E-state index contributed by atoms with van der Waals surface area (Å²) in [5.74, 6) is 1.69.